The van der Waals surface area contributed by atoms with Gasteiger partial charge in [-0.05, 0) is 50.2 Å². The van der Waals surface area contributed by atoms with E-state index in [0.717, 1.165) is 18.8 Å². The van der Waals surface area contributed by atoms with Crippen molar-refractivity contribution in [3.8, 4) is 5.75 Å². The van der Waals surface area contributed by atoms with Gasteiger partial charge in [0, 0.05) is 0 Å². The molecule has 0 amide bonds. The Balaban J connectivity index is 2.31. The van der Waals surface area contributed by atoms with Crippen molar-refractivity contribution in [1.82, 2.24) is 0 Å². The van der Waals surface area contributed by atoms with Crippen molar-refractivity contribution >= 4 is 0 Å². The number of hydrogen-bond acceptors (Lipinski definition) is 1. The van der Waals surface area contributed by atoms with E-state index >= 15 is 0 Å². The molecule has 1 rings (SSSR count). The SMILES string of the molecule is CC[NH+](CC)CCCCCOc1ccccc1C(C)(C)C. The second kappa shape index (κ2) is 9.09. The summed E-state index contributed by atoms with van der Waals surface area (Å²) in [4.78, 5) is 1.70. The maximum absolute atomic E-state index is 6.02. The van der Waals surface area contributed by atoms with Gasteiger partial charge < -0.3 is 9.64 Å². The first-order valence-electron chi connectivity index (χ1n) is 8.55. The molecule has 0 aromatic heterocycles. The van der Waals surface area contributed by atoms with E-state index in [1.807, 2.05) is 0 Å². The lowest BCUT2D eigenvalue weighted by Gasteiger charge is -2.22. The summed E-state index contributed by atoms with van der Waals surface area (Å²) in [5, 5.41) is 0. The molecule has 0 bridgehead atoms. The van der Waals surface area contributed by atoms with E-state index in [1.54, 1.807) is 4.90 Å². The van der Waals surface area contributed by atoms with Gasteiger partial charge >= 0.3 is 0 Å². The molecule has 1 N–H and O–H groups in total. The highest BCUT2D eigenvalue weighted by Crippen LogP contribution is 2.30. The highest BCUT2D eigenvalue weighted by molar-refractivity contribution is 5.38. The van der Waals surface area contributed by atoms with Gasteiger partial charge in [-0.15, -0.1) is 0 Å². The molecule has 2 nitrogen and oxygen atoms in total. The van der Waals surface area contributed by atoms with Crippen molar-refractivity contribution in [2.45, 2.75) is 59.3 Å². The molecular formula is C19H34NO+. The molecule has 0 fully saturated rings. The van der Waals surface area contributed by atoms with Crippen LogP contribution in [0.2, 0.25) is 0 Å². The van der Waals surface area contributed by atoms with Crippen LogP contribution in [-0.2, 0) is 5.41 Å². The lowest BCUT2D eigenvalue weighted by molar-refractivity contribution is -0.896. The van der Waals surface area contributed by atoms with E-state index in [9.17, 15) is 0 Å². The molecule has 0 unspecified atom stereocenters. The Bertz CT molecular complexity index is 391. The lowest BCUT2D eigenvalue weighted by Crippen LogP contribution is -3.11. The zero-order chi connectivity index (χ0) is 15.7. The van der Waals surface area contributed by atoms with Gasteiger partial charge in [-0.1, -0.05) is 39.0 Å². The Labute approximate surface area is 131 Å². The first kappa shape index (κ1) is 18.0. The van der Waals surface area contributed by atoms with Crippen molar-refractivity contribution in [2.75, 3.05) is 26.2 Å². The molecule has 0 spiro atoms. The number of hydrogen-bond donors (Lipinski definition) is 1. The number of quaternary nitrogens is 1. The van der Waals surface area contributed by atoms with Crippen molar-refractivity contribution < 1.29 is 9.64 Å². The Hall–Kier alpha value is -1.02. The minimum Gasteiger partial charge on any atom is -0.493 e. The fourth-order valence-electron chi connectivity index (χ4n) is 2.65. The highest BCUT2D eigenvalue weighted by Gasteiger charge is 2.18. The largest absolute Gasteiger partial charge is 0.493 e. The second-order valence-corrected chi connectivity index (χ2v) is 6.86. The van der Waals surface area contributed by atoms with Gasteiger partial charge in [-0.2, -0.15) is 0 Å². The van der Waals surface area contributed by atoms with Gasteiger partial charge in [0.2, 0.25) is 0 Å². The Morgan fingerprint density at radius 2 is 1.62 bits per heavy atom. The van der Waals surface area contributed by atoms with Crippen LogP contribution in [0.3, 0.4) is 0 Å². The van der Waals surface area contributed by atoms with Crippen LogP contribution in [0.5, 0.6) is 5.75 Å². The molecule has 1 aromatic rings. The van der Waals surface area contributed by atoms with E-state index in [1.165, 1.54) is 38.0 Å². The standard InChI is InChI=1S/C19H33NO/c1-6-20(7-2)15-11-8-12-16-21-18-14-10-9-13-17(18)19(3,4)5/h9-10,13-14H,6-8,11-12,15-16H2,1-5H3/p+1. The zero-order valence-corrected chi connectivity index (χ0v) is 14.7. The summed E-state index contributed by atoms with van der Waals surface area (Å²) in [5.41, 5.74) is 1.44. The Kier molecular flexibility index (Phi) is 7.81. The van der Waals surface area contributed by atoms with Crippen LogP contribution >= 0.6 is 0 Å². The molecule has 0 aliphatic rings. The normalized spacial score (nSPS) is 11.9. The third-order valence-corrected chi connectivity index (χ3v) is 4.13. The average molecular weight is 292 g/mol. The number of para-hydroxylation sites is 1. The van der Waals surface area contributed by atoms with E-state index < -0.39 is 0 Å². The van der Waals surface area contributed by atoms with Crippen molar-refractivity contribution in [1.29, 1.82) is 0 Å². The fourth-order valence-corrected chi connectivity index (χ4v) is 2.65. The number of rotatable bonds is 9. The minimum absolute atomic E-state index is 0.142. The second-order valence-electron chi connectivity index (χ2n) is 6.86. The Morgan fingerprint density at radius 3 is 2.24 bits per heavy atom. The Morgan fingerprint density at radius 1 is 0.952 bits per heavy atom. The fraction of sp³-hybridized carbons (Fsp3) is 0.684. The zero-order valence-electron chi connectivity index (χ0n) is 14.7. The van der Waals surface area contributed by atoms with Gasteiger partial charge in [0.05, 0.1) is 26.2 Å². The van der Waals surface area contributed by atoms with Crippen LogP contribution in [0.25, 0.3) is 0 Å². The number of nitrogens with one attached hydrogen (secondary N) is 1. The molecule has 0 atom stereocenters. The average Bonchev–Trinajstić information content (AvgIpc) is 2.46. The molecule has 0 aliphatic carbocycles. The minimum atomic E-state index is 0.142. The maximum atomic E-state index is 6.02. The van der Waals surface area contributed by atoms with Crippen molar-refractivity contribution in [2.24, 2.45) is 0 Å². The molecule has 0 aliphatic heterocycles. The highest BCUT2D eigenvalue weighted by atomic mass is 16.5. The summed E-state index contributed by atoms with van der Waals surface area (Å²) in [6, 6.07) is 8.44. The third-order valence-electron chi connectivity index (χ3n) is 4.13. The predicted octanol–water partition coefficient (Wildman–Crippen LogP) is 3.46. The van der Waals surface area contributed by atoms with E-state index in [4.69, 9.17) is 4.74 Å². The third kappa shape index (κ3) is 6.52. The lowest BCUT2D eigenvalue weighted by atomic mass is 9.86. The van der Waals surface area contributed by atoms with Crippen LogP contribution in [0.15, 0.2) is 24.3 Å². The molecule has 0 radical (unpaired) electrons. The van der Waals surface area contributed by atoms with E-state index in [2.05, 4.69) is 58.9 Å². The summed E-state index contributed by atoms with van der Waals surface area (Å²) in [6.45, 7) is 15.9. The van der Waals surface area contributed by atoms with Crippen LogP contribution in [-0.4, -0.2) is 26.2 Å². The monoisotopic (exact) mass is 292 g/mol. The quantitative estimate of drug-likeness (QED) is 0.688. The maximum Gasteiger partial charge on any atom is 0.123 e. The smallest absolute Gasteiger partial charge is 0.123 e. The number of benzene rings is 1. The van der Waals surface area contributed by atoms with Gasteiger partial charge in [0.15, 0.2) is 0 Å². The van der Waals surface area contributed by atoms with Gasteiger partial charge in [0.25, 0.3) is 0 Å². The van der Waals surface area contributed by atoms with Crippen LogP contribution in [0.4, 0.5) is 0 Å². The first-order valence-corrected chi connectivity index (χ1v) is 8.55. The molecular weight excluding hydrogens is 258 g/mol. The van der Waals surface area contributed by atoms with Crippen LogP contribution < -0.4 is 9.64 Å². The van der Waals surface area contributed by atoms with Gasteiger partial charge in [-0.25, -0.2) is 0 Å². The summed E-state index contributed by atoms with van der Waals surface area (Å²) in [6.07, 6.45) is 3.72. The topological polar surface area (TPSA) is 13.7 Å². The van der Waals surface area contributed by atoms with Crippen molar-refractivity contribution in [3.63, 3.8) is 0 Å². The number of ether oxygens (including phenoxy) is 1. The molecule has 1 aromatic carbocycles. The van der Waals surface area contributed by atoms with Gasteiger partial charge in [0.1, 0.15) is 5.75 Å². The number of unbranched alkanes of at least 4 members (excludes halogenated alkanes) is 2. The molecule has 120 valence electrons. The summed E-state index contributed by atoms with van der Waals surface area (Å²) >= 11 is 0. The predicted molar refractivity (Wildman–Crippen MR) is 91.4 cm³/mol. The van der Waals surface area contributed by atoms with E-state index in [0.29, 0.717) is 0 Å². The molecule has 21 heavy (non-hydrogen) atoms. The molecule has 0 saturated heterocycles. The van der Waals surface area contributed by atoms with Crippen LogP contribution in [0, 0.1) is 0 Å². The summed E-state index contributed by atoms with van der Waals surface area (Å²) < 4.78 is 6.02. The first-order chi connectivity index (χ1) is 9.99. The molecule has 2 heteroatoms. The van der Waals surface area contributed by atoms with Crippen LogP contribution in [0.1, 0.15) is 59.4 Å². The summed E-state index contributed by atoms with van der Waals surface area (Å²) in [7, 11) is 0. The van der Waals surface area contributed by atoms with Gasteiger partial charge in [-0.3, -0.25) is 0 Å². The molecule has 0 saturated carbocycles. The van der Waals surface area contributed by atoms with Crippen molar-refractivity contribution in [3.05, 3.63) is 29.8 Å². The summed E-state index contributed by atoms with van der Waals surface area (Å²) in [5.74, 6) is 1.05. The molecule has 0 heterocycles. The van der Waals surface area contributed by atoms with E-state index in [-0.39, 0.29) is 5.41 Å².